The summed E-state index contributed by atoms with van der Waals surface area (Å²) < 4.78 is 1.25. The van der Waals surface area contributed by atoms with Gasteiger partial charge in [-0.1, -0.05) is 13.0 Å². The molecule has 1 aromatic carbocycles. The number of thiazole rings is 1. The van der Waals surface area contributed by atoms with Crippen molar-refractivity contribution in [3.05, 3.63) is 28.8 Å². The summed E-state index contributed by atoms with van der Waals surface area (Å²) in [6.07, 6.45) is 1.00. The van der Waals surface area contributed by atoms with Gasteiger partial charge in [0.05, 0.1) is 22.3 Å². The van der Waals surface area contributed by atoms with Gasteiger partial charge in [-0.05, 0) is 24.1 Å². The Balaban J connectivity index is 2.29. The van der Waals surface area contributed by atoms with Crippen molar-refractivity contribution in [3.63, 3.8) is 0 Å². The predicted octanol–water partition coefficient (Wildman–Crippen LogP) is 2.51. The Morgan fingerprint density at radius 2 is 2.33 bits per heavy atom. The van der Waals surface area contributed by atoms with Crippen LogP contribution in [0.1, 0.15) is 17.5 Å². The van der Waals surface area contributed by atoms with Crippen molar-refractivity contribution in [3.8, 4) is 0 Å². The molecule has 0 aliphatic rings. The molecule has 1 aromatic heterocycles. The molecule has 0 fully saturated rings. The summed E-state index contributed by atoms with van der Waals surface area (Å²) in [6, 6.07) is 6.31. The van der Waals surface area contributed by atoms with Crippen molar-refractivity contribution in [2.24, 2.45) is 0 Å². The van der Waals surface area contributed by atoms with Gasteiger partial charge < -0.3 is 4.84 Å². The first-order chi connectivity index (χ1) is 7.33. The topological polar surface area (TPSA) is 34.2 Å². The molecular formula is C11H14N2OS. The lowest BCUT2D eigenvalue weighted by molar-refractivity contribution is 0.0867. The fourth-order valence-electron chi connectivity index (χ4n) is 1.43. The fourth-order valence-corrected chi connectivity index (χ4v) is 2.40. The van der Waals surface area contributed by atoms with Crippen LogP contribution >= 0.6 is 11.3 Å². The lowest BCUT2D eigenvalue weighted by Crippen LogP contribution is -2.10. The summed E-state index contributed by atoms with van der Waals surface area (Å²) in [5.74, 6) is 0. The smallest absolute Gasteiger partial charge is 0.0935 e. The largest absolute Gasteiger partial charge is 0.305 e. The molecule has 1 heterocycles. The van der Waals surface area contributed by atoms with E-state index in [0.717, 1.165) is 18.5 Å². The van der Waals surface area contributed by atoms with E-state index in [1.165, 1.54) is 15.3 Å². The number of hydrogen-bond donors (Lipinski definition) is 1. The van der Waals surface area contributed by atoms with Crippen molar-refractivity contribution >= 4 is 21.6 Å². The van der Waals surface area contributed by atoms with Crippen LogP contribution in [-0.4, -0.2) is 12.1 Å². The van der Waals surface area contributed by atoms with E-state index in [1.807, 2.05) is 0 Å². The van der Waals surface area contributed by atoms with Crippen molar-refractivity contribution in [2.45, 2.75) is 19.9 Å². The van der Waals surface area contributed by atoms with E-state index >= 15 is 0 Å². The maximum Gasteiger partial charge on any atom is 0.0935 e. The van der Waals surface area contributed by atoms with Crippen LogP contribution in [0, 0.1) is 0 Å². The zero-order chi connectivity index (χ0) is 10.7. The number of hydrogen-bond acceptors (Lipinski definition) is 4. The number of nitrogens with zero attached hydrogens (tertiary/aromatic N) is 1. The molecule has 0 radical (unpaired) electrons. The molecule has 2 aromatic rings. The molecule has 0 atom stereocenters. The number of aryl methyl sites for hydroxylation is 1. The molecule has 15 heavy (non-hydrogen) atoms. The van der Waals surface area contributed by atoms with E-state index in [9.17, 15) is 0 Å². The van der Waals surface area contributed by atoms with Crippen LogP contribution in [0.5, 0.6) is 0 Å². The highest BCUT2D eigenvalue weighted by molar-refractivity contribution is 7.18. The maximum absolute atomic E-state index is 4.82. The highest BCUT2D eigenvalue weighted by atomic mass is 32.1. The number of nitrogens with one attached hydrogen (secondary N) is 1. The summed E-state index contributed by atoms with van der Waals surface area (Å²) in [5.41, 5.74) is 5.15. The van der Waals surface area contributed by atoms with E-state index < -0.39 is 0 Å². The van der Waals surface area contributed by atoms with E-state index in [1.54, 1.807) is 18.4 Å². The molecule has 0 amide bonds. The standard InChI is InChI=1S/C11H14N2OS/c1-3-11-13-9-5-4-8(7-12-14-2)6-10(9)15-11/h4-6,12H,3,7H2,1-2H3. The number of fused-ring (bicyclic) bond motifs is 1. The Kier molecular flexibility index (Phi) is 3.30. The third kappa shape index (κ3) is 2.34. The first-order valence-corrected chi connectivity index (χ1v) is 5.79. The van der Waals surface area contributed by atoms with Crippen LogP contribution in [0.2, 0.25) is 0 Å². The minimum absolute atomic E-state index is 0.728. The Morgan fingerprint density at radius 3 is 3.07 bits per heavy atom. The molecule has 4 heteroatoms. The van der Waals surface area contributed by atoms with Gasteiger partial charge in [0.25, 0.3) is 0 Å². The first-order valence-electron chi connectivity index (χ1n) is 4.97. The molecule has 0 spiro atoms. The van der Waals surface area contributed by atoms with E-state index in [0.29, 0.717) is 0 Å². The Bertz CT molecular complexity index is 453. The summed E-state index contributed by atoms with van der Waals surface area (Å²) in [4.78, 5) is 9.34. The van der Waals surface area contributed by atoms with Crippen LogP contribution in [0.15, 0.2) is 18.2 Å². The van der Waals surface area contributed by atoms with Crippen LogP contribution in [0.3, 0.4) is 0 Å². The molecule has 80 valence electrons. The lowest BCUT2D eigenvalue weighted by atomic mass is 10.2. The second kappa shape index (κ2) is 4.70. The average molecular weight is 222 g/mol. The van der Waals surface area contributed by atoms with Gasteiger partial charge in [0, 0.05) is 6.54 Å². The normalized spacial score (nSPS) is 11.1. The molecule has 0 aliphatic heterocycles. The van der Waals surface area contributed by atoms with E-state index in [-0.39, 0.29) is 0 Å². The zero-order valence-corrected chi connectivity index (χ0v) is 9.73. The third-order valence-electron chi connectivity index (χ3n) is 2.22. The monoisotopic (exact) mass is 222 g/mol. The van der Waals surface area contributed by atoms with Crippen LogP contribution in [0.25, 0.3) is 10.2 Å². The molecule has 2 rings (SSSR count). The minimum atomic E-state index is 0.728. The van der Waals surface area contributed by atoms with Gasteiger partial charge in [-0.15, -0.1) is 11.3 Å². The van der Waals surface area contributed by atoms with E-state index in [2.05, 4.69) is 35.6 Å². The van der Waals surface area contributed by atoms with Crippen LogP contribution in [0.4, 0.5) is 0 Å². The average Bonchev–Trinajstić information content (AvgIpc) is 2.68. The Hall–Kier alpha value is -0.970. The second-order valence-corrected chi connectivity index (χ2v) is 4.40. The predicted molar refractivity (Wildman–Crippen MR) is 62.8 cm³/mol. The van der Waals surface area contributed by atoms with Crippen molar-refractivity contribution in [2.75, 3.05) is 7.11 Å². The molecule has 0 saturated heterocycles. The number of aromatic nitrogens is 1. The van der Waals surface area contributed by atoms with Gasteiger partial charge in [-0.3, -0.25) is 0 Å². The highest BCUT2D eigenvalue weighted by Gasteiger charge is 2.02. The molecule has 0 aliphatic carbocycles. The van der Waals surface area contributed by atoms with Gasteiger partial charge in [0.2, 0.25) is 0 Å². The van der Waals surface area contributed by atoms with Gasteiger partial charge in [0.15, 0.2) is 0 Å². The van der Waals surface area contributed by atoms with Crippen molar-refractivity contribution < 1.29 is 4.84 Å². The van der Waals surface area contributed by atoms with Crippen molar-refractivity contribution in [1.29, 1.82) is 0 Å². The summed E-state index contributed by atoms with van der Waals surface area (Å²) in [6.45, 7) is 2.86. The first kappa shape index (κ1) is 10.5. The molecule has 0 bridgehead atoms. The summed E-state index contributed by atoms with van der Waals surface area (Å²) >= 11 is 1.77. The van der Waals surface area contributed by atoms with E-state index in [4.69, 9.17) is 4.84 Å². The number of benzene rings is 1. The maximum atomic E-state index is 4.82. The summed E-state index contributed by atoms with van der Waals surface area (Å²) in [7, 11) is 1.63. The van der Waals surface area contributed by atoms with Gasteiger partial charge in [0.1, 0.15) is 0 Å². The summed E-state index contributed by atoms with van der Waals surface area (Å²) in [5, 5.41) is 1.20. The zero-order valence-electron chi connectivity index (χ0n) is 8.91. The molecule has 0 unspecified atom stereocenters. The van der Waals surface area contributed by atoms with Gasteiger partial charge in [-0.25, -0.2) is 4.98 Å². The molecule has 1 N–H and O–H groups in total. The van der Waals surface area contributed by atoms with Crippen LogP contribution < -0.4 is 5.48 Å². The van der Waals surface area contributed by atoms with Crippen LogP contribution in [-0.2, 0) is 17.8 Å². The quantitative estimate of drug-likeness (QED) is 0.807. The fraction of sp³-hybridized carbons (Fsp3) is 0.364. The Morgan fingerprint density at radius 1 is 1.47 bits per heavy atom. The van der Waals surface area contributed by atoms with Gasteiger partial charge >= 0.3 is 0 Å². The lowest BCUT2D eigenvalue weighted by Gasteiger charge is -2.00. The third-order valence-corrected chi connectivity index (χ3v) is 3.38. The SMILES string of the molecule is CCc1nc2ccc(CNOC)cc2s1. The highest BCUT2D eigenvalue weighted by Crippen LogP contribution is 2.23. The molecule has 3 nitrogen and oxygen atoms in total. The van der Waals surface area contributed by atoms with Gasteiger partial charge in [-0.2, -0.15) is 5.48 Å². The minimum Gasteiger partial charge on any atom is -0.305 e. The number of rotatable bonds is 4. The molecular weight excluding hydrogens is 208 g/mol. The molecule has 0 saturated carbocycles. The second-order valence-electron chi connectivity index (χ2n) is 3.29. The number of hydroxylamine groups is 1. The van der Waals surface area contributed by atoms with Crippen molar-refractivity contribution in [1.82, 2.24) is 10.5 Å². The Labute approximate surface area is 93.1 Å².